The van der Waals surface area contributed by atoms with Crippen LogP contribution in [0.15, 0.2) is 18.2 Å². The van der Waals surface area contributed by atoms with E-state index in [0.29, 0.717) is 11.3 Å². The highest BCUT2D eigenvalue weighted by atomic mass is 16.1. The van der Waals surface area contributed by atoms with Gasteiger partial charge in [0.05, 0.1) is 11.4 Å². The number of carbonyl (C=O) groups excluding carboxylic acids is 1. The number of hydrogen-bond donors (Lipinski definition) is 3. The summed E-state index contributed by atoms with van der Waals surface area (Å²) in [6.07, 6.45) is 0. The van der Waals surface area contributed by atoms with Gasteiger partial charge >= 0.3 is 0 Å². The van der Waals surface area contributed by atoms with Crippen LogP contribution in [-0.4, -0.2) is 12.5 Å². The minimum atomic E-state index is -0.445. The molecule has 0 radical (unpaired) electrons. The van der Waals surface area contributed by atoms with Gasteiger partial charge in [-0.25, -0.2) is 0 Å². The lowest BCUT2D eigenvalue weighted by Gasteiger charge is -2.07. The van der Waals surface area contributed by atoms with Crippen molar-refractivity contribution in [1.82, 2.24) is 0 Å². The lowest BCUT2D eigenvalue weighted by atomic mass is 10.1. The zero-order valence-electron chi connectivity index (χ0n) is 7.50. The first-order valence-corrected chi connectivity index (χ1v) is 4.08. The molecule has 0 saturated carbocycles. The first-order chi connectivity index (χ1) is 6.15. The Kier molecular flexibility index (Phi) is 2.74. The fourth-order valence-electron chi connectivity index (χ4n) is 1.05. The van der Waals surface area contributed by atoms with Crippen molar-refractivity contribution >= 4 is 17.3 Å². The third kappa shape index (κ3) is 2.11. The second-order valence-electron chi connectivity index (χ2n) is 2.70. The molecule has 1 aromatic carbocycles. The first-order valence-electron chi connectivity index (χ1n) is 4.08. The molecule has 0 spiro atoms. The van der Waals surface area contributed by atoms with Crippen molar-refractivity contribution in [2.45, 2.75) is 6.92 Å². The molecule has 0 aliphatic carbocycles. The average molecular weight is 179 g/mol. The second-order valence-corrected chi connectivity index (χ2v) is 2.70. The van der Waals surface area contributed by atoms with Gasteiger partial charge in [0.1, 0.15) is 0 Å². The Morgan fingerprint density at radius 3 is 2.77 bits per heavy atom. The predicted molar refractivity (Wildman–Crippen MR) is 53.5 cm³/mol. The van der Waals surface area contributed by atoms with Crippen LogP contribution in [0.2, 0.25) is 0 Å². The fraction of sp³-hybridized carbons (Fsp3) is 0.222. The van der Waals surface area contributed by atoms with Gasteiger partial charge in [0.2, 0.25) is 5.91 Å². The van der Waals surface area contributed by atoms with Crippen molar-refractivity contribution in [3.05, 3.63) is 23.8 Å². The summed E-state index contributed by atoms with van der Waals surface area (Å²) in [5, 5.41) is 3.04. The number of benzene rings is 1. The van der Waals surface area contributed by atoms with Crippen molar-refractivity contribution in [3.63, 3.8) is 0 Å². The Hall–Kier alpha value is -1.71. The zero-order chi connectivity index (χ0) is 9.84. The van der Waals surface area contributed by atoms with Crippen LogP contribution in [0.5, 0.6) is 0 Å². The molecule has 0 unspecified atom stereocenters. The van der Waals surface area contributed by atoms with E-state index in [9.17, 15) is 4.79 Å². The minimum Gasteiger partial charge on any atom is -0.397 e. The minimum absolute atomic E-state index is 0.445. The highest BCUT2D eigenvalue weighted by Crippen LogP contribution is 2.19. The van der Waals surface area contributed by atoms with Gasteiger partial charge in [-0.2, -0.15) is 0 Å². The lowest BCUT2D eigenvalue weighted by molar-refractivity contribution is 0.100. The second kappa shape index (κ2) is 3.80. The summed E-state index contributed by atoms with van der Waals surface area (Å²) in [4.78, 5) is 10.8. The Morgan fingerprint density at radius 2 is 2.23 bits per heavy atom. The Morgan fingerprint density at radius 1 is 1.54 bits per heavy atom. The van der Waals surface area contributed by atoms with Crippen LogP contribution in [0.4, 0.5) is 11.4 Å². The molecule has 5 N–H and O–H groups in total. The Bertz CT molecular complexity index is 323. The summed E-state index contributed by atoms with van der Waals surface area (Å²) >= 11 is 0. The number of nitrogens with one attached hydrogen (secondary N) is 1. The van der Waals surface area contributed by atoms with E-state index in [-0.39, 0.29) is 0 Å². The van der Waals surface area contributed by atoms with Crippen molar-refractivity contribution in [2.24, 2.45) is 5.73 Å². The smallest absolute Gasteiger partial charge is 0.248 e. The van der Waals surface area contributed by atoms with Gasteiger partial charge in [-0.05, 0) is 25.1 Å². The molecule has 0 aliphatic rings. The first kappa shape index (κ1) is 9.38. The van der Waals surface area contributed by atoms with Crippen LogP contribution in [-0.2, 0) is 0 Å². The van der Waals surface area contributed by atoms with E-state index in [2.05, 4.69) is 5.32 Å². The number of primary amides is 1. The van der Waals surface area contributed by atoms with Gasteiger partial charge in [-0.1, -0.05) is 0 Å². The summed E-state index contributed by atoms with van der Waals surface area (Å²) in [5.41, 5.74) is 12.6. The van der Waals surface area contributed by atoms with Gasteiger partial charge in [0.25, 0.3) is 0 Å². The zero-order valence-corrected chi connectivity index (χ0v) is 7.50. The molecule has 0 aliphatic heterocycles. The highest BCUT2D eigenvalue weighted by molar-refractivity contribution is 5.94. The van der Waals surface area contributed by atoms with E-state index < -0.39 is 5.91 Å². The molecule has 0 heterocycles. The van der Waals surface area contributed by atoms with Crippen LogP contribution >= 0.6 is 0 Å². The number of nitrogens with two attached hydrogens (primary N) is 2. The van der Waals surface area contributed by atoms with Crippen LogP contribution in [0.1, 0.15) is 17.3 Å². The summed E-state index contributed by atoms with van der Waals surface area (Å²) in [7, 11) is 0. The summed E-state index contributed by atoms with van der Waals surface area (Å²) in [6, 6.07) is 4.93. The van der Waals surface area contributed by atoms with Crippen molar-refractivity contribution < 1.29 is 4.79 Å². The summed E-state index contributed by atoms with van der Waals surface area (Å²) in [5.74, 6) is -0.445. The van der Waals surface area contributed by atoms with Gasteiger partial charge in [-0.3, -0.25) is 4.79 Å². The molecule has 1 aromatic rings. The maximum Gasteiger partial charge on any atom is 0.248 e. The number of hydrogen-bond acceptors (Lipinski definition) is 3. The monoisotopic (exact) mass is 179 g/mol. The molecule has 4 heteroatoms. The molecule has 4 nitrogen and oxygen atoms in total. The molecule has 0 fully saturated rings. The molecule has 0 aromatic heterocycles. The molecule has 1 amide bonds. The Labute approximate surface area is 76.9 Å². The highest BCUT2D eigenvalue weighted by Gasteiger charge is 2.03. The van der Waals surface area contributed by atoms with Crippen molar-refractivity contribution in [3.8, 4) is 0 Å². The van der Waals surface area contributed by atoms with Crippen LogP contribution in [0.25, 0.3) is 0 Å². The van der Waals surface area contributed by atoms with Crippen molar-refractivity contribution in [1.29, 1.82) is 0 Å². The predicted octanol–water partition coefficient (Wildman–Crippen LogP) is 0.800. The van der Waals surface area contributed by atoms with Gasteiger partial charge < -0.3 is 16.8 Å². The third-order valence-corrected chi connectivity index (χ3v) is 1.71. The number of nitrogen functional groups attached to an aromatic ring is 1. The molecule has 0 atom stereocenters. The van der Waals surface area contributed by atoms with Gasteiger partial charge in [0, 0.05) is 12.1 Å². The average Bonchev–Trinajstić information content (AvgIpc) is 2.08. The summed E-state index contributed by atoms with van der Waals surface area (Å²) < 4.78 is 0. The number of amides is 1. The lowest BCUT2D eigenvalue weighted by Crippen LogP contribution is -2.12. The summed E-state index contributed by atoms with van der Waals surface area (Å²) in [6.45, 7) is 2.71. The van der Waals surface area contributed by atoms with E-state index in [1.165, 1.54) is 0 Å². The maximum absolute atomic E-state index is 10.8. The quantitative estimate of drug-likeness (QED) is 0.600. The maximum atomic E-state index is 10.8. The molecule has 0 bridgehead atoms. The fourth-order valence-corrected chi connectivity index (χ4v) is 1.05. The molecule has 70 valence electrons. The van der Waals surface area contributed by atoms with E-state index in [1.807, 2.05) is 6.92 Å². The van der Waals surface area contributed by atoms with Crippen LogP contribution in [0.3, 0.4) is 0 Å². The standard InChI is InChI=1S/C9H13N3O/c1-2-12-8-5-6(9(11)13)3-4-7(8)10/h3-5,12H,2,10H2,1H3,(H2,11,13). The molecule has 1 rings (SSSR count). The molecule has 0 saturated heterocycles. The topological polar surface area (TPSA) is 81.1 Å². The van der Waals surface area contributed by atoms with E-state index in [4.69, 9.17) is 11.5 Å². The van der Waals surface area contributed by atoms with Crippen LogP contribution in [0, 0.1) is 0 Å². The van der Waals surface area contributed by atoms with Crippen molar-refractivity contribution in [2.75, 3.05) is 17.6 Å². The normalized spacial score (nSPS) is 9.62. The van der Waals surface area contributed by atoms with Crippen LogP contribution < -0.4 is 16.8 Å². The number of anilines is 2. The van der Waals surface area contributed by atoms with Gasteiger partial charge in [-0.15, -0.1) is 0 Å². The SMILES string of the molecule is CCNc1cc(C(N)=O)ccc1N. The Balaban J connectivity index is 3.03. The molecule has 13 heavy (non-hydrogen) atoms. The number of carbonyl (C=O) groups is 1. The van der Waals surface area contributed by atoms with E-state index in [0.717, 1.165) is 12.2 Å². The van der Waals surface area contributed by atoms with E-state index >= 15 is 0 Å². The largest absolute Gasteiger partial charge is 0.397 e. The van der Waals surface area contributed by atoms with Gasteiger partial charge in [0.15, 0.2) is 0 Å². The molecular weight excluding hydrogens is 166 g/mol. The molecular formula is C9H13N3O. The number of rotatable bonds is 3. The third-order valence-electron chi connectivity index (χ3n) is 1.71. The van der Waals surface area contributed by atoms with E-state index in [1.54, 1.807) is 18.2 Å².